The number of rotatable bonds is 5. The molecule has 0 radical (unpaired) electrons. The number of hydrogen-bond donors (Lipinski definition) is 2. The zero-order chi connectivity index (χ0) is 18.4. The molecule has 0 fully saturated rings. The number of nitrogens with two attached hydrogens (primary N) is 1. The van der Waals surface area contributed by atoms with E-state index in [-0.39, 0.29) is 5.91 Å². The number of carbonyl (C=O) groups excluding carboxylic acids is 1. The van der Waals surface area contributed by atoms with Crippen LogP contribution in [-0.4, -0.2) is 23.6 Å². The van der Waals surface area contributed by atoms with E-state index in [1.54, 1.807) is 6.26 Å². The molecule has 1 aliphatic heterocycles. The first kappa shape index (κ1) is 19.4. The average molecular weight is 357 g/mol. The Labute approximate surface area is 156 Å². The molecule has 1 heterocycles. The van der Waals surface area contributed by atoms with Gasteiger partial charge in [-0.15, -0.1) is 0 Å². The monoisotopic (exact) mass is 356 g/mol. The standard InChI is InChI=1S/C20H24N2O.CH4S/c1-3-4-5-9-22-13-17-11-16(10-14(2)19(17)20(22)23)15-7-6-8-18(21)12-15;1-2/h6-8,10-12H,3-5,9,13,21H2,1-2H3;2H,1H3. The molecule has 0 aliphatic carbocycles. The molecule has 134 valence electrons. The molecule has 2 aromatic rings. The van der Waals surface area contributed by atoms with Crippen molar-refractivity contribution in [3.8, 4) is 11.1 Å². The van der Waals surface area contributed by atoms with Crippen LogP contribution in [0.25, 0.3) is 11.1 Å². The highest BCUT2D eigenvalue weighted by atomic mass is 32.1. The second-order valence-corrected chi connectivity index (χ2v) is 6.39. The van der Waals surface area contributed by atoms with E-state index in [0.29, 0.717) is 0 Å². The molecule has 3 nitrogen and oxygen atoms in total. The molecule has 1 aliphatic rings. The molecule has 4 heteroatoms. The van der Waals surface area contributed by atoms with E-state index >= 15 is 0 Å². The molecule has 0 atom stereocenters. The van der Waals surface area contributed by atoms with Crippen LogP contribution >= 0.6 is 12.6 Å². The lowest BCUT2D eigenvalue weighted by atomic mass is 9.96. The molecular formula is C21H28N2OS. The summed E-state index contributed by atoms with van der Waals surface area (Å²) in [6.07, 6.45) is 5.12. The Morgan fingerprint density at radius 3 is 2.56 bits per heavy atom. The summed E-state index contributed by atoms with van der Waals surface area (Å²) in [6, 6.07) is 12.2. The van der Waals surface area contributed by atoms with Crippen molar-refractivity contribution in [1.29, 1.82) is 0 Å². The number of aryl methyl sites for hydroxylation is 1. The third-order valence-electron chi connectivity index (χ3n) is 4.53. The maximum atomic E-state index is 12.6. The molecule has 25 heavy (non-hydrogen) atoms. The summed E-state index contributed by atoms with van der Waals surface area (Å²) < 4.78 is 0. The molecule has 3 rings (SSSR count). The first-order valence-corrected chi connectivity index (χ1v) is 9.73. The Morgan fingerprint density at radius 1 is 1.12 bits per heavy atom. The number of amides is 1. The van der Waals surface area contributed by atoms with E-state index in [0.717, 1.165) is 53.0 Å². The SMILES string of the molecule is CCCCCN1Cc2cc(-c3cccc(N)c3)cc(C)c2C1=O.CS. The number of anilines is 1. The molecular weight excluding hydrogens is 328 g/mol. The largest absolute Gasteiger partial charge is 0.399 e. The van der Waals surface area contributed by atoms with Gasteiger partial charge < -0.3 is 10.6 Å². The number of thiol groups is 1. The average Bonchev–Trinajstić information content (AvgIpc) is 2.93. The van der Waals surface area contributed by atoms with Gasteiger partial charge in [-0.2, -0.15) is 12.6 Å². The van der Waals surface area contributed by atoms with Crippen LogP contribution in [0, 0.1) is 6.92 Å². The molecule has 0 unspecified atom stereocenters. The van der Waals surface area contributed by atoms with Gasteiger partial charge in [0.15, 0.2) is 0 Å². The highest BCUT2D eigenvalue weighted by Gasteiger charge is 2.28. The van der Waals surface area contributed by atoms with Crippen LogP contribution in [0.15, 0.2) is 36.4 Å². The van der Waals surface area contributed by atoms with Gasteiger partial charge in [0.05, 0.1) is 0 Å². The van der Waals surface area contributed by atoms with Gasteiger partial charge in [-0.25, -0.2) is 0 Å². The summed E-state index contributed by atoms with van der Waals surface area (Å²) in [5.41, 5.74) is 12.0. The summed E-state index contributed by atoms with van der Waals surface area (Å²) in [4.78, 5) is 14.6. The van der Waals surface area contributed by atoms with Crippen LogP contribution < -0.4 is 5.73 Å². The van der Waals surface area contributed by atoms with Crippen LogP contribution in [0.4, 0.5) is 5.69 Å². The fourth-order valence-corrected chi connectivity index (χ4v) is 3.34. The molecule has 2 N–H and O–H groups in total. The molecule has 1 amide bonds. The summed E-state index contributed by atoms with van der Waals surface area (Å²) in [6.45, 7) is 5.80. The van der Waals surface area contributed by atoms with E-state index in [2.05, 4.69) is 37.8 Å². The highest BCUT2D eigenvalue weighted by Crippen LogP contribution is 2.32. The zero-order valence-corrected chi connectivity index (χ0v) is 16.3. The van der Waals surface area contributed by atoms with Gasteiger partial charge in [-0.3, -0.25) is 4.79 Å². The van der Waals surface area contributed by atoms with Gasteiger partial charge in [0, 0.05) is 24.3 Å². The lowest BCUT2D eigenvalue weighted by molar-refractivity contribution is 0.0775. The summed E-state index contributed by atoms with van der Waals surface area (Å²) in [5.74, 6) is 0.188. The van der Waals surface area contributed by atoms with Gasteiger partial charge >= 0.3 is 0 Å². The van der Waals surface area contributed by atoms with Crippen molar-refractivity contribution < 1.29 is 4.79 Å². The number of nitrogen functional groups attached to an aromatic ring is 1. The molecule has 0 bridgehead atoms. The molecule has 0 saturated carbocycles. The summed E-state index contributed by atoms with van der Waals surface area (Å²) in [7, 11) is 0. The quantitative estimate of drug-likeness (QED) is 0.453. The number of benzene rings is 2. The first-order valence-electron chi connectivity index (χ1n) is 8.83. The first-order chi connectivity index (χ1) is 12.1. The van der Waals surface area contributed by atoms with Crippen molar-refractivity contribution in [3.05, 3.63) is 53.1 Å². The van der Waals surface area contributed by atoms with Crippen molar-refractivity contribution >= 4 is 24.2 Å². The predicted octanol–water partition coefficient (Wildman–Crippen LogP) is 4.94. The molecule has 0 saturated heterocycles. The Bertz CT molecular complexity index is 743. The van der Waals surface area contributed by atoms with Crippen LogP contribution in [-0.2, 0) is 6.54 Å². The minimum absolute atomic E-state index is 0.188. The zero-order valence-electron chi connectivity index (χ0n) is 15.4. The fraction of sp³-hybridized carbons (Fsp3) is 0.381. The van der Waals surface area contributed by atoms with Gasteiger partial charge in [0.1, 0.15) is 0 Å². The molecule has 2 aromatic carbocycles. The maximum absolute atomic E-state index is 12.6. The van der Waals surface area contributed by atoms with Crippen molar-refractivity contribution in [2.75, 3.05) is 18.5 Å². The Kier molecular flexibility index (Phi) is 6.94. The van der Waals surface area contributed by atoms with Gasteiger partial charge in [0.2, 0.25) is 0 Å². The lowest BCUT2D eigenvalue weighted by Crippen LogP contribution is -2.25. The number of fused-ring (bicyclic) bond motifs is 1. The van der Waals surface area contributed by atoms with Crippen molar-refractivity contribution in [3.63, 3.8) is 0 Å². The minimum Gasteiger partial charge on any atom is -0.399 e. The van der Waals surface area contributed by atoms with E-state index in [1.165, 1.54) is 12.8 Å². The third kappa shape index (κ3) is 4.37. The van der Waals surface area contributed by atoms with Crippen LogP contribution in [0.5, 0.6) is 0 Å². The second-order valence-electron chi connectivity index (χ2n) is 6.39. The minimum atomic E-state index is 0.188. The van der Waals surface area contributed by atoms with E-state index in [4.69, 9.17) is 5.73 Å². The molecule has 0 aromatic heterocycles. The Balaban J connectivity index is 0.00000109. The normalized spacial score (nSPS) is 12.6. The van der Waals surface area contributed by atoms with Gasteiger partial charge in [0.25, 0.3) is 5.91 Å². The number of unbranched alkanes of at least 4 members (excludes halogenated alkanes) is 2. The molecule has 0 spiro atoms. The number of hydrogen-bond acceptors (Lipinski definition) is 3. The second kappa shape index (κ2) is 8.95. The van der Waals surface area contributed by atoms with E-state index in [9.17, 15) is 4.79 Å². The maximum Gasteiger partial charge on any atom is 0.254 e. The smallest absolute Gasteiger partial charge is 0.254 e. The van der Waals surface area contributed by atoms with Crippen LogP contribution in [0.3, 0.4) is 0 Å². The van der Waals surface area contributed by atoms with E-state index in [1.807, 2.05) is 30.0 Å². The van der Waals surface area contributed by atoms with Crippen LogP contribution in [0.2, 0.25) is 0 Å². The van der Waals surface area contributed by atoms with Crippen molar-refractivity contribution in [2.24, 2.45) is 0 Å². The Hall–Kier alpha value is -1.94. The van der Waals surface area contributed by atoms with Crippen LogP contribution in [0.1, 0.15) is 47.7 Å². The van der Waals surface area contributed by atoms with Crippen molar-refractivity contribution in [1.82, 2.24) is 4.90 Å². The lowest BCUT2D eigenvalue weighted by Gasteiger charge is -2.14. The van der Waals surface area contributed by atoms with Gasteiger partial charge in [-0.05, 0) is 60.1 Å². The van der Waals surface area contributed by atoms with Crippen molar-refractivity contribution in [2.45, 2.75) is 39.7 Å². The highest BCUT2D eigenvalue weighted by molar-refractivity contribution is 7.79. The number of nitrogens with zero attached hydrogens (tertiary/aromatic N) is 1. The van der Waals surface area contributed by atoms with Gasteiger partial charge in [-0.1, -0.05) is 38.0 Å². The summed E-state index contributed by atoms with van der Waals surface area (Å²) >= 11 is 3.53. The predicted molar refractivity (Wildman–Crippen MR) is 110 cm³/mol. The summed E-state index contributed by atoms with van der Waals surface area (Å²) in [5, 5.41) is 0. The Morgan fingerprint density at radius 2 is 1.88 bits per heavy atom. The third-order valence-corrected chi connectivity index (χ3v) is 4.53. The topological polar surface area (TPSA) is 46.3 Å². The van der Waals surface area contributed by atoms with E-state index < -0.39 is 0 Å². The fourth-order valence-electron chi connectivity index (χ4n) is 3.34. The number of carbonyl (C=O) groups is 1.